The van der Waals surface area contributed by atoms with E-state index < -0.39 is 0 Å². The lowest BCUT2D eigenvalue weighted by atomic mass is 9.96. The molecule has 1 aliphatic rings. The van der Waals surface area contributed by atoms with Crippen molar-refractivity contribution in [3.8, 4) is 0 Å². The molecule has 0 fully saturated rings. The Kier molecular flexibility index (Phi) is 6.68. The summed E-state index contributed by atoms with van der Waals surface area (Å²) in [5, 5.41) is 4.83. The number of halogens is 2. The highest BCUT2D eigenvalue weighted by Crippen LogP contribution is 2.33. The molecule has 0 aliphatic heterocycles. The van der Waals surface area contributed by atoms with Crippen LogP contribution < -0.4 is 5.32 Å². The summed E-state index contributed by atoms with van der Waals surface area (Å²) >= 11 is 13.5. The van der Waals surface area contributed by atoms with Crippen LogP contribution in [0.1, 0.15) is 39.3 Å². The number of hydrogen-bond donors (Lipinski definition) is 1. The maximum Gasteiger partial charge on any atom is 0.257 e. The van der Waals surface area contributed by atoms with Gasteiger partial charge in [-0.25, -0.2) is 0 Å². The van der Waals surface area contributed by atoms with E-state index in [0.29, 0.717) is 27.0 Å². The molecule has 34 heavy (non-hydrogen) atoms. The maximum atomic E-state index is 13.3. The molecule has 7 heteroatoms. The van der Waals surface area contributed by atoms with E-state index in [1.807, 2.05) is 47.0 Å². The summed E-state index contributed by atoms with van der Waals surface area (Å²) in [7, 11) is 0. The zero-order chi connectivity index (χ0) is 23.7. The SMILES string of the molecule is O=C(Nc1cccc(SCC(=O)n2c3c(c4ccccc42)CCCC3)c1)c1ccc(Cl)cc1Cl. The van der Waals surface area contributed by atoms with Crippen LogP contribution in [-0.4, -0.2) is 22.1 Å². The quantitative estimate of drug-likeness (QED) is 0.283. The number of aryl methyl sites for hydroxylation is 1. The van der Waals surface area contributed by atoms with E-state index in [0.717, 1.165) is 29.7 Å². The van der Waals surface area contributed by atoms with Crippen LogP contribution in [0.3, 0.4) is 0 Å². The summed E-state index contributed by atoms with van der Waals surface area (Å²) in [6.45, 7) is 0. The second kappa shape index (κ2) is 9.87. The third kappa shape index (κ3) is 4.61. The van der Waals surface area contributed by atoms with Crippen LogP contribution in [0, 0.1) is 0 Å². The Morgan fingerprint density at radius 3 is 2.62 bits per heavy atom. The van der Waals surface area contributed by atoms with Gasteiger partial charge in [0.05, 0.1) is 21.9 Å². The predicted molar refractivity (Wildman–Crippen MR) is 141 cm³/mol. The monoisotopic (exact) mass is 508 g/mol. The van der Waals surface area contributed by atoms with Crippen molar-refractivity contribution in [3.63, 3.8) is 0 Å². The molecular formula is C27H22Cl2N2O2S. The van der Waals surface area contributed by atoms with Crippen LogP contribution >= 0.6 is 35.0 Å². The normalized spacial score (nSPS) is 13.0. The van der Waals surface area contributed by atoms with Gasteiger partial charge in [0.25, 0.3) is 5.91 Å². The van der Waals surface area contributed by atoms with E-state index in [1.54, 1.807) is 18.2 Å². The molecule has 0 radical (unpaired) electrons. The van der Waals surface area contributed by atoms with Gasteiger partial charge in [-0.1, -0.05) is 47.5 Å². The Morgan fingerprint density at radius 1 is 0.941 bits per heavy atom. The largest absolute Gasteiger partial charge is 0.322 e. The van der Waals surface area contributed by atoms with Crippen molar-refractivity contribution in [2.75, 3.05) is 11.1 Å². The number of nitrogens with zero attached hydrogens (tertiary/aromatic N) is 1. The summed E-state index contributed by atoms with van der Waals surface area (Å²) < 4.78 is 1.92. The van der Waals surface area contributed by atoms with Gasteiger partial charge in [0.1, 0.15) is 0 Å². The lowest BCUT2D eigenvalue weighted by Crippen LogP contribution is -2.18. The fourth-order valence-corrected chi connectivity index (χ4v) is 5.82. The molecule has 5 rings (SSSR count). The molecule has 4 nitrogen and oxygen atoms in total. The van der Waals surface area contributed by atoms with Crippen molar-refractivity contribution in [1.29, 1.82) is 0 Å². The van der Waals surface area contributed by atoms with Gasteiger partial charge in [-0.05, 0) is 73.7 Å². The van der Waals surface area contributed by atoms with Crippen molar-refractivity contribution in [2.45, 2.75) is 30.6 Å². The molecule has 0 bridgehead atoms. The number of carbonyl (C=O) groups excluding carboxylic acids is 2. The smallest absolute Gasteiger partial charge is 0.257 e. The number of thioether (sulfide) groups is 1. The third-order valence-corrected chi connectivity index (χ3v) is 7.58. The van der Waals surface area contributed by atoms with E-state index in [-0.39, 0.29) is 11.8 Å². The highest BCUT2D eigenvalue weighted by molar-refractivity contribution is 8.00. The molecule has 172 valence electrons. The minimum absolute atomic E-state index is 0.0757. The average Bonchev–Trinajstić information content (AvgIpc) is 3.17. The Morgan fingerprint density at radius 2 is 1.76 bits per heavy atom. The van der Waals surface area contributed by atoms with E-state index in [9.17, 15) is 9.59 Å². The Labute approximate surface area is 212 Å². The van der Waals surface area contributed by atoms with Crippen molar-refractivity contribution >= 4 is 63.4 Å². The van der Waals surface area contributed by atoms with Crippen LogP contribution in [-0.2, 0) is 12.8 Å². The summed E-state index contributed by atoms with van der Waals surface area (Å²) in [5.41, 5.74) is 4.48. The molecule has 0 spiro atoms. The number of rotatable bonds is 5. The Bertz CT molecular complexity index is 1410. The second-order valence-electron chi connectivity index (χ2n) is 8.27. The fourth-order valence-electron chi connectivity index (χ4n) is 4.53. The van der Waals surface area contributed by atoms with Gasteiger partial charge in [0.2, 0.25) is 5.91 Å². The number of fused-ring (bicyclic) bond motifs is 3. The van der Waals surface area contributed by atoms with Crippen molar-refractivity contribution < 1.29 is 9.59 Å². The van der Waals surface area contributed by atoms with Gasteiger partial charge >= 0.3 is 0 Å². The minimum atomic E-state index is -0.315. The zero-order valence-corrected chi connectivity index (χ0v) is 20.6. The van der Waals surface area contributed by atoms with E-state index in [4.69, 9.17) is 23.2 Å². The number of nitrogens with one attached hydrogen (secondary N) is 1. The van der Waals surface area contributed by atoms with Crippen molar-refractivity contribution in [3.05, 3.63) is 93.6 Å². The maximum absolute atomic E-state index is 13.3. The number of anilines is 1. The molecule has 1 amide bonds. The van der Waals surface area contributed by atoms with Crippen LogP contribution in [0.15, 0.2) is 71.6 Å². The molecule has 1 aromatic heterocycles. The summed E-state index contributed by atoms with van der Waals surface area (Å²) in [6.07, 6.45) is 4.25. The first-order valence-electron chi connectivity index (χ1n) is 11.1. The molecule has 0 atom stereocenters. The second-order valence-corrected chi connectivity index (χ2v) is 10.2. The first-order valence-corrected chi connectivity index (χ1v) is 12.9. The first-order chi connectivity index (χ1) is 16.5. The molecule has 1 aliphatic carbocycles. The number of para-hydroxylation sites is 1. The first kappa shape index (κ1) is 23.0. The third-order valence-electron chi connectivity index (χ3n) is 6.06. The number of aromatic nitrogens is 1. The summed E-state index contributed by atoms with van der Waals surface area (Å²) in [4.78, 5) is 26.9. The highest BCUT2D eigenvalue weighted by atomic mass is 35.5. The Balaban J connectivity index is 1.32. The lowest BCUT2D eigenvalue weighted by molar-refractivity contribution is 0.0942. The molecule has 0 unspecified atom stereocenters. The van der Waals surface area contributed by atoms with Gasteiger partial charge in [-0.3, -0.25) is 14.2 Å². The lowest BCUT2D eigenvalue weighted by Gasteiger charge is -2.15. The van der Waals surface area contributed by atoms with E-state index >= 15 is 0 Å². The van der Waals surface area contributed by atoms with Gasteiger partial charge in [-0.15, -0.1) is 11.8 Å². The number of hydrogen-bond acceptors (Lipinski definition) is 3. The number of amides is 1. The van der Waals surface area contributed by atoms with Crippen LogP contribution in [0.2, 0.25) is 10.0 Å². The van der Waals surface area contributed by atoms with Crippen molar-refractivity contribution in [1.82, 2.24) is 4.57 Å². The number of carbonyl (C=O) groups is 2. The Hall–Kier alpha value is -2.73. The summed E-state index contributed by atoms with van der Waals surface area (Å²) in [6, 6.07) is 20.4. The average molecular weight is 509 g/mol. The van der Waals surface area contributed by atoms with E-state index in [1.165, 1.54) is 34.8 Å². The standard InChI is InChI=1S/C27H22Cl2N2O2S/c28-17-12-13-22(23(29)14-17)27(33)30-18-6-5-7-19(15-18)34-16-26(32)31-24-10-3-1-8-20(24)21-9-2-4-11-25(21)31/h1,3,5-8,10,12-15H,2,4,9,11,16H2,(H,30,33). The zero-order valence-electron chi connectivity index (χ0n) is 18.3. The van der Waals surface area contributed by atoms with Gasteiger partial charge in [0.15, 0.2) is 0 Å². The topological polar surface area (TPSA) is 51.1 Å². The van der Waals surface area contributed by atoms with Gasteiger partial charge < -0.3 is 5.32 Å². The van der Waals surface area contributed by atoms with Crippen LogP contribution in [0.25, 0.3) is 10.9 Å². The van der Waals surface area contributed by atoms with E-state index in [2.05, 4.69) is 11.4 Å². The highest BCUT2D eigenvalue weighted by Gasteiger charge is 2.23. The molecule has 1 N–H and O–H groups in total. The molecule has 0 saturated carbocycles. The van der Waals surface area contributed by atoms with Crippen LogP contribution in [0.5, 0.6) is 0 Å². The summed E-state index contributed by atoms with van der Waals surface area (Å²) in [5.74, 6) is 0.0722. The number of benzene rings is 3. The van der Waals surface area contributed by atoms with Crippen LogP contribution in [0.4, 0.5) is 5.69 Å². The molecular weight excluding hydrogens is 487 g/mol. The minimum Gasteiger partial charge on any atom is -0.322 e. The molecule has 1 heterocycles. The fraction of sp³-hybridized carbons (Fsp3) is 0.185. The van der Waals surface area contributed by atoms with Gasteiger partial charge in [-0.2, -0.15) is 0 Å². The van der Waals surface area contributed by atoms with Crippen molar-refractivity contribution in [2.24, 2.45) is 0 Å². The molecule has 3 aromatic carbocycles. The molecule has 4 aromatic rings. The van der Waals surface area contributed by atoms with Gasteiger partial charge in [0, 0.05) is 26.7 Å². The predicted octanol–water partition coefficient (Wildman–Crippen LogP) is 7.51. The molecule has 0 saturated heterocycles.